The summed E-state index contributed by atoms with van der Waals surface area (Å²) in [6.07, 6.45) is 1.84. The van der Waals surface area contributed by atoms with Crippen LogP contribution in [0.5, 0.6) is 0 Å². The zero-order chi connectivity index (χ0) is 15.4. The van der Waals surface area contributed by atoms with Gasteiger partial charge in [-0.3, -0.25) is 14.9 Å². The molecule has 3 N–H and O–H groups in total. The molecule has 1 fully saturated rings. The first-order valence-electron chi connectivity index (χ1n) is 7.10. The van der Waals surface area contributed by atoms with Gasteiger partial charge in [0.2, 0.25) is 0 Å². The summed E-state index contributed by atoms with van der Waals surface area (Å²) in [4.78, 5) is 24.6. The number of nitrogens with zero attached hydrogens (tertiary/aromatic N) is 2. The quantitative estimate of drug-likeness (QED) is 0.643. The maximum atomic E-state index is 11.8. The van der Waals surface area contributed by atoms with Crippen LogP contribution < -0.4 is 16.0 Å². The molecule has 0 saturated carbocycles. The smallest absolute Gasteiger partial charge is 0.293 e. The zero-order valence-electron chi connectivity index (χ0n) is 12.0. The van der Waals surface area contributed by atoms with E-state index in [1.807, 2.05) is 4.90 Å². The summed E-state index contributed by atoms with van der Waals surface area (Å²) in [6, 6.07) is 4.62. The third-order valence-corrected chi connectivity index (χ3v) is 3.57. The zero-order valence-corrected chi connectivity index (χ0v) is 12.0. The molecule has 1 aromatic rings. The summed E-state index contributed by atoms with van der Waals surface area (Å²) in [6.45, 7) is 3.63. The van der Waals surface area contributed by atoms with E-state index in [9.17, 15) is 14.9 Å². The number of nitro benzene ring substituents is 1. The molecule has 7 heteroatoms. The van der Waals surface area contributed by atoms with E-state index >= 15 is 0 Å². The van der Waals surface area contributed by atoms with Gasteiger partial charge in [-0.2, -0.15) is 0 Å². The number of hydrogen-bond donors (Lipinski definition) is 2. The molecule has 1 aromatic carbocycles. The predicted molar refractivity (Wildman–Crippen MR) is 80.5 cm³/mol. The summed E-state index contributed by atoms with van der Waals surface area (Å²) >= 11 is 0. The minimum Gasteiger partial charge on any atom is -0.364 e. The number of amides is 1. The second kappa shape index (κ2) is 6.53. The molecule has 7 nitrogen and oxygen atoms in total. The van der Waals surface area contributed by atoms with Crippen molar-refractivity contribution in [1.82, 2.24) is 5.32 Å². The van der Waals surface area contributed by atoms with Gasteiger partial charge >= 0.3 is 0 Å². The van der Waals surface area contributed by atoms with Crippen LogP contribution in [0.2, 0.25) is 0 Å². The van der Waals surface area contributed by atoms with Gasteiger partial charge in [-0.25, -0.2) is 0 Å². The van der Waals surface area contributed by atoms with Gasteiger partial charge in [-0.05, 0) is 31.9 Å². The molecule has 1 unspecified atom stereocenters. The molecule has 2 rings (SSSR count). The number of nitro groups is 1. The lowest BCUT2D eigenvalue weighted by atomic mass is 10.0. The summed E-state index contributed by atoms with van der Waals surface area (Å²) < 4.78 is 0. The highest BCUT2D eigenvalue weighted by Crippen LogP contribution is 2.31. The Kier molecular flexibility index (Phi) is 4.74. The highest BCUT2D eigenvalue weighted by Gasteiger charge is 2.25. The molecule has 1 heterocycles. The fraction of sp³-hybridized carbons (Fsp3) is 0.500. The van der Waals surface area contributed by atoms with E-state index in [0.717, 1.165) is 19.4 Å². The molecule has 0 spiro atoms. The maximum absolute atomic E-state index is 11.8. The highest BCUT2D eigenvalue weighted by atomic mass is 16.6. The Bertz CT molecular complexity index is 547. The molecule has 1 aliphatic heterocycles. The SMILES string of the molecule is CCNC(=O)c1ccc(N2CCCC(N)C2)c([N+](=O)[O-])c1. The Balaban J connectivity index is 2.33. The van der Waals surface area contributed by atoms with E-state index in [1.165, 1.54) is 6.07 Å². The molecule has 0 aliphatic carbocycles. The minimum atomic E-state index is -0.446. The van der Waals surface area contributed by atoms with Crippen molar-refractivity contribution < 1.29 is 9.72 Å². The average Bonchev–Trinajstić information content (AvgIpc) is 2.46. The highest BCUT2D eigenvalue weighted by molar-refractivity contribution is 5.95. The second-order valence-electron chi connectivity index (χ2n) is 5.17. The van der Waals surface area contributed by atoms with E-state index < -0.39 is 4.92 Å². The van der Waals surface area contributed by atoms with Gasteiger partial charge in [0.25, 0.3) is 11.6 Å². The minimum absolute atomic E-state index is 0.0291. The number of benzene rings is 1. The van der Waals surface area contributed by atoms with Crippen molar-refractivity contribution in [2.24, 2.45) is 5.73 Å². The van der Waals surface area contributed by atoms with E-state index in [0.29, 0.717) is 24.3 Å². The van der Waals surface area contributed by atoms with Gasteiger partial charge in [0.05, 0.1) is 4.92 Å². The van der Waals surface area contributed by atoms with Crippen molar-refractivity contribution in [2.45, 2.75) is 25.8 Å². The van der Waals surface area contributed by atoms with Crippen molar-refractivity contribution in [3.05, 3.63) is 33.9 Å². The number of nitrogens with one attached hydrogen (secondary N) is 1. The third-order valence-electron chi connectivity index (χ3n) is 3.57. The summed E-state index contributed by atoms with van der Waals surface area (Å²) in [5.41, 5.74) is 6.71. The molecular weight excluding hydrogens is 272 g/mol. The maximum Gasteiger partial charge on any atom is 0.293 e. The first kappa shape index (κ1) is 15.2. The molecule has 1 aliphatic rings. The van der Waals surface area contributed by atoms with Crippen molar-refractivity contribution >= 4 is 17.3 Å². The van der Waals surface area contributed by atoms with Crippen LogP contribution in [0, 0.1) is 10.1 Å². The Morgan fingerprint density at radius 3 is 2.95 bits per heavy atom. The van der Waals surface area contributed by atoms with Crippen LogP contribution in [0.4, 0.5) is 11.4 Å². The summed E-state index contributed by atoms with van der Waals surface area (Å²) in [5, 5.41) is 13.9. The topological polar surface area (TPSA) is 102 Å². The molecule has 21 heavy (non-hydrogen) atoms. The van der Waals surface area contributed by atoms with Gasteiger partial charge in [-0.15, -0.1) is 0 Å². The van der Waals surface area contributed by atoms with E-state index in [4.69, 9.17) is 5.73 Å². The van der Waals surface area contributed by atoms with Gasteiger partial charge < -0.3 is 16.0 Å². The number of nitrogens with two attached hydrogens (primary N) is 1. The normalized spacial score (nSPS) is 18.4. The summed E-state index contributed by atoms with van der Waals surface area (Å²) in [7, 11) is 0. The van der Waals surface area contributed by atoms with Crippen LogP contribution in [-0.4, -0.2) is 36.5 Å². The largest absolute Gasteiger partial charge is 0.364 e. The molecular formula is C14H20N4O3. The average molecular weight is 292 g/mol. The molecule has 1 atom stereocenters. The second-order valence-corrected chi connectivity index (χ2v) is 5.17. The van der Waals surface area contributed by atoms with Crippen LogP contribution in [0.1, 0.15) is 30.1 Å². The number of hydrogen-bond acceptors (Lipinski definition) is 5. The fourth-order valence-corrected chi connectivity index (χ4v) is 2.57. The van der Waals surface area contributed by atoms with Gasteiger partial charge in [-0.1, -0.05) is 0 Å². The van der Waals surface area contributed by atoms with Gasteiger partial charge in [0.15, 0.2) is 0 Å². The number of anilines is 1. The summed E-state index contributed by atoms with van der Waals surface area (Å²) in [5.74, 6) is -0.303. The molecule has 0 aromatic heterocycles. The third kappa shape index (κ3) is 3.49. The molecule has 0 radical (unpaired) electrons. The number of carbonyl (C=O) groups is 1. The Hall–Kier alpha value is -2.15. The Morgan fingerprint density at radius 2 is 2.33 bits per heavy atom. The van der Waals surface area contributed by atoms with Gasteiger partial charge in [0, 0.05) is 37.3 Å². The lowest BCUT2D eigenvalue weighted by molar-refractivity contribution is -0.384. The molecule has 1 amide bonds. The van der Waals surface area contributed by atoms with Crippen molar-refractivity contribution in [3.63, 3.8) is 0 Å². The lowest BCUT2D eigenvalue weighted by Gasteiger charge is -2.32. The number of piperidine rings is 1. The van der Waals surface area contributed by atoms with Gasteiger partial charge in [0.1, 0.15) is 5.69 Å². The Labute approximate surface area is 123 Å². The van der Waals surface area contributed by atoms with Crippen molar-refractivity contribution in [2.75, 3.05) is 24.5 Å². The Morgan fingerprint density at radius 1 is 1.57 bits per heavy atom. The first-order valence-corrected chi connectivity index (χ1v) is 7.10. The van der Waals surface area contributed by atoms with Crippen LogP contribution in [-0.2, 0) is 0 Å². The monoisotopic (exact) mass is 292 g/mol. The van der Waals surface area contributed by atoms with Crippen LogP contribution in [0.15, 0.2) is 18.2 Å². The van der Waals surface area contributed by atoms with Crippen molar-refractivity contribution in [1.29, 1.82) is 0 Å². The van der Waals surface area contributed by atoms with Crippen LogP contribution >= 0.6 is 0 Å². The number of carbonyl (C=O) groups excluding carboxylic acids is 1. The molecule has 1 saturated heterocycles. The standard InChI is InChI=1S/C14H20N4O3/c1-2-16-14(19)10-5-6-12(13(8-10)18(20)21)17-7-3-4-11(15)9-17/h5-6,8,11H,2-4,7,9,15H2,1H3,(H,16,19). The number of rotatable bonds is 4. The van der Waals surface area contributed by atoms with Crippen LogP contribution in [0.25, 0.3) is 0 Å². The van der Waals surface area contributed by atoms with Crippen molar-refractivity contribution in [3.8, 4) is 0 Å². The molecule has 114 valence electrons. The van der Waals surface area contributed by atoms with E-state index in [-0.39, 0.29) is 17.6 Å². The van der Waals surface area contributed by atoms with E-state index in [2.05, 4.69) is 5.32 Å². The first-order chi connectivity index (χ1) is 10.0. The molecule has 0 bridgehead atoms. The lowest BCUT2D eigenvalue weighted by Crippen LogP contribution is -2.43. The van der Waals surface area contributed by atoms with Crippen LogP contribution in [0.3, 0.4) is 0 Å². The predicted octanol–water partition coefficient (Wildman–Crippen LogP) is 1.27. The fourth-order valence-electron chi connectivity index (χ4n) is 2.57. The van der Waals surface area contributed by atoms with E-state index in [1.54, 1.807) is 19.1 Å².